The standard InChI is InChI=1S/C39H46N2O12S/c1-16-11-10-12-17(2)38(49)41-29-33(47)26-25(28-36(29)54-24(43)15-40-28)27-35(21(6)32(26)46)53-39(8,37(27)48)51-14-13-23(50-9)18(3)34(52-22(7)42)20(5)31(45)19(4)30(16)44/h10-16,18-20,23,30-31,34,43-45,47H,1-9H3,(H,41,49)/b11-10+,14-13+,17-12-/t16-,18-,19+,20-,23+,30-,31-,34-,39-/m1/s1. The first-order valence-corrected chi connectivity index (χ1v) is 18.3. The fourth-order valence-electron chi connectivity index (χ4n) is 7.15. The number of amides is 1. The van der Waals surface area contributed by atoms with Crippen molar-refractivity contribution in [3.05, 3.63) is 63.7 Å². The number of hydrogen-bond acceptors (Lipinski definition) is 14. The number of aliphatic hydroxyl groups excluding tert-OH is 2. The Balaban J connectivity index is 1.72. The lowest BCUT2D eigenvalue weighted by atomic mass is 9.78. The van der Waals surface area contributed by atoms with Gasteiger partial charge in [-0.25, -0.2) is 4.98 Å². The molecule has 0 aliphatic carbocycles. The van der Waals surface area contributed by atoms with Crippen LogP contribution in [-0.4, -0.2) is 80.4 Å². The molecule has 0 unspecified atom stereocenters. The molecule has 0 saturated carbocycles. The molecule has 2 aromatic carbocycles. The van der Waals surface area contributed by atoms with Gasteiger partial charge >= 0.3 is 11.8 Å². The van der Waals surface area contributed by atoms with Gasteiger partial charge in [-0.15, -0.1) is 0 Å². The number of nitrogens with zero attached hydrogens (tertiary/aromatic N) is 1. The smallest absolute Gasteiger partial charge is 0.312 e. The van der Waals surface area contributed by atoms with Gasteiger partial charge in [-0.2, -0.15) is 0 Å². The summed E-state index contributed by atoms with van der Waals surface area (Å²) in [6.07, 6.45) is 4.70. The highest BCUT2D eigenvalue weighted by Crippen LogP contribution is 2.49. The van der Waals surface area contributed by atoms with E-state index in [-0.39, 0.29) is 54.2 Å². The third-order valence-corrected chi connectivity index (χ3v) is 11.4. The Morgan fingerprint density at radius 1 is 1.00 bits per heavy atom. The van der Waals surface area contributed by atoms with Crippen LogP contribution in [0.25, 0.3) is 21.0 Å². The minimum Gasteiger partial charge on any atom is -0.505 e. The number of hydrogen-bond donors (Lipinski definition) is 5. The van der Waals surface area contributed by atoms with Crippen LogP contribution in [0.2, 0.25) is 0 Å². The number of allylic oxidation sites excluding steroid dienone is 2. The maximum atomic E-state index is 14.3. The lowest BCUT2D eigenvalue weighted by Gasteiger charge is -2.38. The summed E-state index contributed by atoms with van der Waals surface area (Å²) in [4.78, 5) is 58.4. The van der Waals surface area contributed by atoms with E-state index in [9.17, 15) is 39.6 Å². The second-order valence-corrected chi connectivity index (χ2v) is 15.2. The van der Waals surface area contributed by atoms with E-state index in [1.807, 2.05) is 0 Å². The average Bonchev–Trinajstić information content (AvgIpc) is 3.39. The molecule has 1 aromatic heterocycles. The van der Waals surface area contributed by atoms with Crippen LogP contribution in [-0.2, 0) is 23.8 Å². The van der Waals surface area contributed by atoms with E-state index >= 15 is 0 Å². The third-order valence-electron chi connectivity index (χ3n) is 10.4. The SMILES string of the molecule is CO[C@H]1/C=C/O[C@]2(C)Oc3c(C)c(=O)c4c(O)c(c5sc(O)cnc5c4c3C2=O)NC(=O)/C(C)=C\C=C\[C@@H](C)[C@@H](O)[C@H](C)[C@@H](O)[C@@H](C)[C@H](OC(C)=O)[C@@H]1C. The maximum absolute atomic E-state index is 14.3. The number of esters is 1. The Labute approximate surface area is 315 Å². The number of fused-ring (bicyclic) bond motifs is 1. The zero-order valence-corrected chi connectivity index (χ0v) is 32.3. The summed E-state index contributed by atoms with van der Waals surface area (Å²) in [6, 6.07) is 0. The van der Waals surface area contributed by atoms with Crippen LogP contribution in [0.15, 0.2) is 47.1 Å². The molecule has 5 rings (SSSR count). The quantitative estimate of drug-likeness (QED) is 0.132. The van der Waals surface area contributed by atoms with Gasteiger partial charge in [0, 0.05) is 61.2 Å². The largest absolute Gasteiger partial charge is 0.505 e. The van der Waals surface area contributed by atoms with Gasteiger partial charge in [0.05, 0.1) is 51.9 Å². The van der Waals surface area contributed by atoms with Crippen molar-refractivity contribution < 1.29 is 53.8 Å². The first-order valence-electron chi connectivity index (χ1n) is 17.5. The van der Waals surface area contributed by atoms with Crippen molar-refractivity contribution in [1.29, 1.82) is 0 Å². The Kier molecular flexibility index (Phi) is 11.6. The van der Waals surface area contributed by atoms with Gasteiger partial charge in [0.25, 0.3) is 11.7 Å². The maximum Gasteiger partial charge on any atom is 0.312 e. The number of rotatable bonds is 2. The Bertz CT molecular complexity index is 2160. The highest BCUT2D eigenvalue weighted by molar-refractivity contribution is 7.20. The third kappa shape index (κ3) is 7.20. The number of Topliss-reactive ketones (excluding diaryl/α,β-unsaturated/α-hetero) is 1. The first-order chi connectivity index (χ1) is 25.3. The van der Waals surface area contributed by atoms with E-state index in [4.69, 9.17) is 18.9 Å². The number of aromatic nitrogens is 1. The number of methoxy groups -OCH3 is 1. The molecule has 15 heteroatoms. The van der Waals surface area contributed by atoms with Crippen molar-refractivity contribution in [2.45, 2.75) is 85.6 Å². The van der Waals surface area contributed by atoms with Crippen molar-refractivity contribution >= 4 is 55.7 Å². The van der Waals surface area contributed by atoms with E-state index in [0.717, 1.165) is 17.5 Å². The molecule has 2 aliphatic rings. The Morgan fingerprint density at radius 2 is 1.69 bits per heavy atom. The molecule has 9 atom stereocenters. The van der Waals surface area contributed by atoms with Crippen molar-refractivity contribution in [1.82, 2.24) is 4.98 Å². The molecule has 4 bridgehead atoms. The molecule has 3 aromatic rings. The molecular weight excluding hydrogens is 720 g/mol. The molecule has 3 heterocycles. The van der Waals surface area contributed by atoms with Crippen LogP contribution >= 0.6 is 11.3 Å². The lowest BCUT2D eigenvalue weighted by Crippen LogP contribution is -2.46. The van der Waals surface area contributed by atoms with E-state index in [2.05, 4.69) is 10.3 Å². The van der Waals surface area contributed by atoms with E-state index in [1.165, 1.54) is 53.2 Å². The number of ether oxygens (including phenoxy) is 4. The number of ketones is 1. The summed E-state index contributed by atoms with van der Waals surface area (Å²) in [5, 5.41) is 46.9. The topological polar surface area (TPSA) is 211 Å². The average molecular weight is 767 g/mol. The van der Waals surface area contributed by atoms with Gasteiger partial charge in [-0.1, -0.05) is 57.3 Å². The number of nitrogens with one attached hydrogen (secondary N) is 1. The van der Waals surface area contributed by atoms with Crippen molar-refractivity contribution in [3.63, 3.8) is 0 Å². The highest BCUT2D eigenvalue weighted by atomic mass is 32.1. The predicted molar refractivity (Wildman–Crippen MR) is 202 cm³/mol. The van der Waals surface area contributed by atoms with Crippen LogP contribution < -0.4 is 15.5 Å². The van der Waals surface area contributed by atoms with Crippen molar-refractivity contribution in [2.75, 3.05) is 12.4 Å². The number of aliphatic hydroxyl groups is 2. The second-order valence-electron chi connectivity index (χ2n) is 14.2. The molecule has 0 spiro atoms. The minimum atomic E-state index is -2.01. The number of phenolic OH excluding ortho intramolecular Hbond substituents is 1. The summed E-state index contributed by atoms with van der Waals surface area (Å²) >= 11 is 0.764. The normalized spacial score (nSPS) is 31.7. The Morgan fingerprint density at radius 3 is 2.33 bits per heavy atom. The van der Waals surface area contributed by atoms with Gasteiger partial charge in [0.1, 0.15) is 17.5 Å². The first kappa shape index (κ1) is 40.4. The van der Waals surface area contributed by atoms with Crippen LogP contribution in [0.4, 0.5) is 5.69 Å². The van der Waals surface area contributed by atoms with Crippen LogP contribution in [0.3, 0.4) is 0 Å². The monoisotopic (exact) mass is 766 g/mol. The van der Waals surface area contributed by atoms with Gasteiger partial charge in [-0.3, -0.25) is 19.2 Å². The van der Waals surface area contributed by atoms with Crippen LogP contribution in [0.1, 0.15) is 64.4 Å². The van der Waals surface area contributed by atoms with E-state index < -0.39 is 82.7 Å². The van der Waals surface area contributed by atoms with Crippen LogP contribution in [0, 0.1) is 30.6 Å². The summed E-state index contributed by atoms with van der Waals surface area (Å²) in [5.74, 6) is -7.13. The zero-order chi connectivity index (χ0) is 40.0. The molecule has 290 valence electrons. The zero-order valence-electron chi connectivity index (χ0n) is 31.5. The fourth-order valence-corrected chi connectivity index (χ4v) is 7.97. The molecule has 0 radical (unpaired) electrons. The summed E-state index contributed by atoms with van der Waals surface area (Å²) in [6.45, 7) is 12.5. The molecule has 1 amide bonds. The molecule has 14 nitrogen and oxygen atoms in total. The molecule has 5 N–H and O–H groups in total. The molecular formula is C39H46N2O12S. The molecule has 0 saturated heterocycles. The Hall–Kier alpha value is -4.83. The van der Waals surface area contributed by atoms with Gasteiger partial charge in [-0.05, 0) is 19.9 Å². The fraction of sp³-hybridized carbons (Fsp3) is 0.462. The summed E-state index contributed by atoms with van der Waals surface area (Å²) in [7, 11) is 1.43. The van der Waals surface area contributed by atoms with Gasteiger partial charge < -0.3 is 44.7 Å². The minimum absolute atomic E-state index is 0.00559. The molecule has 54 heavy (non-hydrogen) atoms. The van der Waals surface area contributed by atoms with E-state index in [1.54, 1.807) is 39.8 Å². The van der Waals surface area contributed by atoms with Crippen LogP contribution in [0.5, 0.6) is 16.6 Å². The van der Waals surface area contributed by atoms with Gasteiger partial charge in [0.2, 0.25) is 0 Å². The number of carbonyl (C=O) groups excluding carboxylic acids is 3. The summed E-state index contributed by atoms with van der Waals surface area (Å²) in [5.41, 5.74) is -0.752. The lowest BCUT2D eigenvalue weighted by molar-refractivity contribution is -0.160. The number of aromatic hydroxyl groups is 2. The number of phenols is 1. The highest BCUT2D eigenvalue weighted by Gasteiger charge is 2.49. The number of anilines is 1. The summed E-state index contributed by atoms with van der Waals surface area (Å²) < 4.78 is 23.5. The van der Waals surface area contributed by atoms with Crippen molar-refractivity contribution in [2.24, 2.45) is 23.7 Å². The number of carbonyl (C=O) groups is 3. The predicted octanol–water partition coefficient (Wildman–Crippen LogP) is 5.02. The van der Waals surface area contributed by atoms with Crippen molar-refractivity contribution in [3.8, 4) is 16.6 Å². The second kappa shape index (κ2) is 15.5. The van der Waals surface area contributed by atoms with E-state index in [0.29, 0.717) is 0 Å². The van der Waals surface area contributed by atoms with Gasteiger partial charge in [0.15, 0.2) is 16.2 Å². The molecule has 2 aliphatic heterocycles. The number of benzene rings is 2. The molecule has 0 fully saturated rings.